The van der Waals surface area contributed by atoms with Gasteiger partial charge in [-0.25, -0.2) is 0 Å². The molecule has 2 rings (SSSR count). The highest BCUT2D eigenvalue weighted by Gasteiger charge is 2.31. The average Bonchev–Trinajstić information content (AvgIpc) is 2.61. The largest absolute Gasteiger partial charge is 0.416 e. The van der Waals surface area contributed by atoms with E-state index < -0.39 is 11.7 Å². The van der Waals surface area contributed by atoms with Crippen molar-refractivity contribution in [3.05, 3.63) is 47.5 Å². The molecule has 1 atom stereocenters. The van der Waals surface area contributed by atoms with Crippen molar-refractivity contribution in [1.29, 1.82) is 0 Å². The number of hydrogen-bond acceptors (Lipinski definition) is 3. The van der Waals surface area contributed by atoms with Crippen LogP contribution in [-0.2, 0) is 10.9 Å². The number of guanidine groups is 1. The van der Waals surface area contributed by atoms with Crippen LogP contribution < -0.4 is 11.1 Å². The number of rotatable bonds is 6. The van der Waals surface area contributed by atoms with Gasteiger partial charge in [0.05, 0.1) is 31.4 Å². The molecule has 3 N–H and O–H groups in total. The normalized spacial score (nSPS) is 17.1. The number of morpholine rings is 1. The molecular formula is C18H26F3IN4O. The van der Waals surface area contributed by atoms with Crippen LogP contribution in [0, 0.1) is 0 Å². The number of nitrogens with one attached hydrogen (secondary N) is 1. The number of alkyl halides is 3. The Balaban J connectivity index is 0.00000364. The smallest absolute Gasteiger partial charge is 0.379 e. The number of benzene rings is 1. The lowest BCUT2D eigenvalue weighted by Gasteiger charge is -2.34. The van der Waals surface area contributed by atoms with E-state index in [-0.39, 0.29) is 36.0 Å². The third kappa shape index (κ3) is 7.67. The third-order valence-electron chi connectivity index (χ3n) is 4.12. The monoisotopic (exact) mass is 498 g/mol. The fourth-order valence-electron chi connectivity index (χ4n) is 2.70. The van der Waals surface area contributed by atoms with Crippen LogP contribution in [-0.4, -0.2) is 50.3 Å². The summed E-state index contributed by atoms with van der Waals surface area (Å²) in [5.41, 5.74) is 6.91. The third-order valence-corrected chi connectivity index (χ3v) is 4.12. The van der Waals surface area contributed by atoms with E-state index in [1.54, 1.807) is 0 Å². The summed E-state index contributed by atoms with van der Waals surface area (Å²) >= 11 is 0. The Hall–Kier alpha value is -1.33. The molecular weight excluding hydrogens is 472 g/mol. The van der Waals surface area contributed by atoms with Gasteiger partial charge in [-0.2, -0.15) is 13.2 Å². The van der Waals surface area contributed by atoms with Gasteiger partial charge >= 0.3 is 6.18 Å². The average molecular weight is 498 g/mol. The molecule has 27 heavy (non-hydrogen) atoms. The maximum Gasteiger partial charge on any atom is 0.416 e. The van der Waals surface area contributed by atoms with Crippen LogP contribution in [0.1, 0.15) is 24.1 Å². The first-order chi connectivity index (χ1) is 12.3. The molecule has 9 heteroatoms. The molecule has 0 aliphatic carbocycles. The highest BCUT2D eigenvalue weighted by Crippen LogP contribution is 2.31. The Bertz CT molecular complexity index is 628. The number of ether oxygens (including phenoxy) is 1. The highest BCUT2D eigenvalue weighted by atomic mass is 127. The van der Waals surface area contributed by atoms with Gasteiger partial charge in [-0.3, -0.25) is 9.89 Å². The molecule has 1 saturated heterocycles. The summed E-state index contributed by atoms with van der Waals surface area (Å²) < 4.78 is 43.8. The Kier molecular flexibility index (Phi) is 9.54. The number of halogens is 4. The zero-order valence-corrected chi connectivity index (χ0v) is 17.6. The first-order valence-corrected chi connectivity index (χ1v) is 8.44. The number of nitrogens with two attached hydrogens (primary N) is 1. The summed E-state index contributed by atoms with van der Waals surface area (Å²) in [6.07, 6.45) is -4.35. The summed E-state index contributed by atoms with van der Waals surface area (Å²) in [5.74, 6) is 0.290. The van der Waals surface area contributed by atoms with Crippen LogP contribution in [0.5, 0.6) is 0 Å². The second-order valence-corrected chi connectivity index (χ2v) is 6.32. The molecule has 1 aromatic carbocycles. The maximum absolute atomic E-state index is 12.8. The van der Waals surface area contributed by atoms with Crippen molar-refractivity contribution in [2.75, 3.05) is 39.4 Å². The van der Waals surface area contributed by atoms with Gasteiger partial charge in [-0.15, -0.1) is 24.0 Å². The van der Waals surface area contributed by atoms with Gasteiger partial charge in [0.25, 0.3) is 0 Å². The molecule has 0 saturated carbocycles. The second kappa shape index (κ2) is 10.9. The fraction of sp³-hybridized carbons (Fsp3) is 0.500. The van der Waals surface area contributed by atoms with E-state index in [0.29, 0.717) is 39.4 Å². The van der Waals surface area contributed by atoms with Crippen LogP contribution in [0.2, 0.25) is 0 Å². The van der Waals surface area contributed by atoms with Crippen molar-refractivity contribution >= 4 is 29.9 Å². The number of nitrogens with zero attached hydrogens (tertiary/aromatic N) is 2. The summed E-state index contributed by atoms with van der Waals surface area (Å²) in [5, 5.41) is 2.96. The Morgan fingerprint density at radius 3 is 2.41 bits per heavy atom. The van der Waals surface area contributed by atoms with Gasteiger partial charge in [-0.1, -0.05) is 24.3 Å². The molecule has 0 bridgehead atoms. The lowest BCUT2D eigenvalue weighted by atomic mass is 10.0. The van der Waals surface area contributed by atoms with E-state index in [1.165, 1.54) is 12.1 Å². The van der Waals surface area contributed by atoms with Crippen molar-refractivity contribution in [3.63, 3.8) is 0 Å². The SMILES string of the molecule is C=C(C)CNC(N)=NCC(c1ccc(C(F)(F)F)cc1)N1CCOCC1.I. The number of hydrogen-bond donors (Lipinski definition) is 2. The Labute approximate surface area is 174 Å². The fourth-order valence-corrected chi connectivity index (χ4v) is 2.70. The van der Waals surface area contributed by atoms with Gasteiger partial charge < -0.3 is 15.8 Å². The van der Waals surface area contributed by atoms with Gasteiger partial charge in [0.2, 0.25) is 0 Å². The molecule has 0 radical (unpaired) electrons. The van der Waals surface area contributed by atoms with Crippen LogP contribution in [0.3, 0.4) is 0 Å². The van der Waals surface area contributed by atoms with E-state index in [2.05, 4.69) is 21.8 Å². The van der Waals surface area contributed by atoms with Crippen molar-refractivity contribution in [2.24, 2.45) is 10.7 Å². The van der Waals surface area contributed by atoms with E-state index in [9.17, 15) is 13.2 Å². The molecule has 0 spiro atoms. The molecule has 0 amide bonds. The molecule has 1 fully saturated rings. The van der Waals surface area contributed by atoms with Crippen LogP contribution in [0.15, 0.2) is 41.4 Å². The summed E-state index contributed by atoms with van der Waals surface area (Å²) in [6, 6.07) is 5.07. The maximum atomic E-state index is 12.8. The minimum atomic E-state index is -4.35. The Morgan fingerprint density at radius 2 is 1.89 bits per heavy atom. The zero-order valence-electron chi connectivity index (χ0n) is 15.3. The lowest BCUT2D eigenvalue weighted by molar-refractivity contribution is -0.137. The predicted octanol–water partition coefficient (Wildman–Crippen LogP) is 3.18. The number of aliphatic imine (C=N–C) groups is 1. The Morgan fingerprint density at radius 1 is 1.30 bits per heavy atom. The van der Waals surface area contributed by atoms with Gasteiger partial charge in [0.15, 0.2) is 5.96 Å². The van der Waals surface area contributed by atoms with Crippen molar-refractivity contribution in [2.45, 2.75) is 19.1 Å². The van der Waals surface area contributed by atoms with Crippen LogP contribution in [0.4, 0.5) is 13.2 Å². The molecule has 152 valence electrons. The van der Waals surface area contributed by atoms with Crippen LogP contribution in [0.25, 0.3) is 0 Å². The van der Waals surface area contributed by atoms with Gasteiger partial charge in [0, 0.05) is 19.6 Å². The first-order valence-electron chi connectivity index (χ1n) is 8.44. The van der Waals surface area contributed by atoms with E-state index in [1.807, 2.05) is 6.92 Å². The summed E-state index contributed by atoms with van der Waals surface area (Å²) in [4.78, 5) is 6.51. The molecule has 1 aromatic rings. The molecule has 1 aliphatic heterocycles. The van der Waals surface area contributed by atoms with Gasteiger partial charge in [-0.05, 0) is 24.6 Å². The molecule has 1 aliphatic rings. The van der Waals surface area contributed by atoms with Crippen molar-refractivity contribution < 1.29 is 17.9 Å². The summed E-state index contributed by atoms with van der Waals surface area (Å²) in [7, 11) is 0. The lowest BCUT2D eigenvalue weighted by Crippen LogP contribution is -2.41. The van der Waals surface area contributed by atoms with E-state index in [4.69, 9.17) is 10.5 Å². The molecule has 5 nitrogen and oxygen atoms in total. The predicted molar refractivity (Wildman–Crippen MR) is 111 cm³/mol. The van der Waals surface area contributed by atoms with Crippen molar-refractivity contribution in [1.82, 2.24) is 10.2 Å². The molecule has 1 heterocycles. The molecule has 0 aromatic heterocycles. The zero-order chi connectivity index (χ0) is 19.2. The standard InChI is InChI=1S/C18H25F3N4O.HI/c1-13(2)11-23-17(22)24-12-16(25-7-9-26-10-8-25)14-3-5-15(6-4-14)18(19,20)21;/h3-6,16H,1,7-12H2,2H3,(H3,22,23,24);1H. The highest BCUT2D eigenvalue weighted by molar-refractivity contribution is 14.0. The van der Waals surface area contributed by atoms with E-state index in [0.717, 1.165) is 23.3 Å². The summed E-state index contributed by atoms with van der Waals surface area (Å²) in [6.45, 7) is 9.10. The second-order valence-electron chi connectivity index (χ2n) is 6.32. The topological polar surface area (TPSA) is 62.9 Å². The van der Waals surface area contributed by atoms with E-state index >= 15 is 0 Å². The minimum absolute atomic E-state index is 0. The quantitative estimate of drug-likeness (QED) is 0.274. The minimum Gasteiger partial charge on any atom is -0.379 e. The van der Waals surface area contributed by atoms with Gasteiger partial charge in [0.1, 0.15) is 0 Å². The van der Waals surface area contributed by atoms with Crippen LogP contribution >= 0.6 is 24.0 Å². The molecule has 1 unspecified atom stereocenters. The first kappa shape index (κ1) is 23.7. The van der Waals surface area contributed by atoms with Crippen molar-refractivity contribution in [3.8, 4) is 0 Å².